The fourth-order valence-electron chi connectivity index (χ4n) is 3.70. The van der Waals surface area contributed by atoms with Gasteiger partial charge < -0.3 is 10.2 Å². The standard InChI is InChI=1S/C24H16Cl2FNO4/c1-12-8-14(4-7-19(12)27)22(30)20-21(13-2-5-18(29)6-3-13)28(24(32)23(20)31)17-10-15(25)9-16(26)11-17/h2-11,21,29-30H,1H3/b22-20+. The van der Waals surface area contributed by atoms with E-state index in [0.29, 0.717) is 5.56 Å². The Hall–Kier alpha value is -3.35. The lowest BCUT2D eigenvalue weighted by Crippen LogP contribution is -2.29. The normalized spacial score (nSPS) is 17.8. The topological polar surface area (TPSA) is 77.8 Å². The Bertz CT molecular complexity index is 1270. The average molecular weight is 472 g/mol. The van der Waals surface area contributed by atoms with E-state index in [1.54, 1.807) is 0 Å². The minimum Gasteiger partial charge on any atom is -0.508 e. The molecule has 4 rings (SSSR count). The summed E-state index contributed by atoms with van der Waals surface area (Å²) < 4.78 is 13.7. The Kier molecular flexibility index (Phi) is 5.67. The molecule has 0 spiro atoms. The second kappa shape index (κ2) is 8.30. The molecule has 1 saturated heterocycles. The van der Waals surface area contributed by atoms with E-state index in [0.717, 1.165) is 0 Å². The first-order chi connectivity index (χ1) is 15.2. The van der Waals surface area contributed by atoms with Crippen LogP contribution in [0.1, 0.15) is 22.7 Å². The second-order valence-corrected chi connectivity index (χ2v) is 8.23. The van der Waals surface area contributed by atoms with E-state index in [9.17, 15) is 24.2 Å². The van der Waals surface area contributed by atoms with Crippen LogP contribution in [-0.4, -0.2) is 21.9 Å². The van der Waals surface area contributed by atoms with Crippen LogP contribution in [0.5, 0.6) is 5.75 Å². The van der Waals surface area contributed by atoms with Crippen molar-refractivity contribution >= 4 is 46.3 Å². The van der Waals surface area contributed by atoms with E-state index in [-0.39, 0.29) is 38.2 Å². The summed E-state index contributed by atoms with van der Waals surface area (Å²) in [6.45, 7) is 1.52. The minimum absolute atomic E-state index is 0.00865. The predicted molar refractivity (Wildman–Crippen MR) is 120 cm³/mol. The zero-order chi connectivity index (χ0) is 23.2. The third-order valence-corrected chi connectivity index (χ3v) is 5.65. The van der Waals surface area contributed by atoms with Gasteiger partial charge in [0.25, 0.3) is 11.7 Å². The molecule has 1 amide bonds. The van der Waals surface area contributed by atoms with Crippen molar-refractivity contribution in [2.75, 3.05) is 4.90 Å². The summed E-state index contributed by atoms with van der Waals surface area (Å²) in [5.74, 6) is -2.73. The van der Waals surface area contributed by atoms with Crippen molar-refractivity contribution in [2.24, 2.45) is 0 Å². The van der Waals surface area contributed by atoms with Gasteiger partial charge in [-0.2, -0.15) is 0 Å². The fraction of sp³-hybridized carbons (Fsp3) is 0.0833. The number of amides is 1. The summed E-state index contributed by atoms with van der Waals surface area (Å²) in [6, 6.07) is 13.2. The van der Waals surface area contributed by atoms with Crippen LogP contribution in [0, 0.1) is 12.7 Å². The van der Waals surface area contributed by atoms with Crippen molar-refractivity contribution in [2.45, 2.75) is 13.0 Å². The molecule has 32 heavy (non-hydrogen) atoms. The fourth-order valence-corrected chi connectivity index (χ4v) is 4.21. The number of rotatable bonds is 3. The Balaban J connectivity index is 1.97. The number of aryl methyl sites for hydroxylation is 1. The number of aliphatic hydroxyl groups excluding tert-OH is 1. The number of aromatic hydroxyl groups is 1. The van der Waals surface area contributed by atoms with Crippen molar-refractivity contribution < 1.29 is 24.2 Å². The molecular weight excluding hydrogens is 456 g/mol. The molecule has 1 heterocycles. The maximum Gasteiger partial charge on any atom is 0.300 e. The first-order valence-corrected chi connectivity index (χ1v) is 10.3. The van der Waals surface area contributed by atoms with Gasteiger partial charge in [-0.05, 0) is 66.6 Å². The number of hydrogen-bond acceptors (Lipinski definition) is 4. The summed E-state index contributed by atoms with van der Waals surface area (Å²) in [5.41, 5.74) is 0.999. The van der Waals surface area contributed by atoms with Crippen LogP contribution in [-0.2, 0) is 9.59 Å². The first kappa shape index (κ1) is 21.9. The van der Waals surface area contributed by atoms with Crippen molar-refractivity contribution in [3.63, 3.8) is 0 Å². The van der Waals surface area contributed by atoms with E-state index < -0.39 is 29.3 Å². The molecule has 1 unspecified atom stereocenters. The highest BCUT2D eigenvalue weighted by molar-refractivity contribution is 6.52. The maximum absolute atomic E-state index is 13.7. The van der Waals surface area contributed by atoms with Gasteiger partial charge in [0.05, 0.1) is 11.6 Å². The first-order valence-electron chi connectivity index (χ1n) is 9.50. The number of phenols is 1. The Morgan fingerprint density at radius 2 is 1.59 bits per heavy atom. The van der Waals surface area contributed by atoms with E-state index in [1.807, 2.05) is 0 Å². The van der Waals surface area contributed by atoms with Gasteiger partial charge in [0.1, 0.15) is 17.3 Å². The molecule has 8 heteroatoms. The zero-order valence-corrected chi connectivity index (χ0v) is 18.2. The van der Waals surface area contributed by atoms with E-state index in [1.165, 1.54) is 72.5 Å². The van der Waals surface area contributed by atoms with Crippen molar-refractivity contribution in [1.29, 1.82) is 0 Å². The van der Waals surface area contributed by atoms with Crippen LogP contribution < -0.4 is 4.90 Å². The largest absolute Gasteiger partial charge is 0.508 e. The molecule has 3 aromatic rings. The van der Waals surface area contributed by atoms with Gasteiger partial charge >= 0.3 is 0 Å². The SMILES string of the molecule is Cc1cc(/C(O)=C2\C(=O)C(=O)N(c3cc(Cl)cc(Cl)c3)C2c2ccc(O)cc2)ccc1F. The van der Waals surface area contributed by atoms with Crippen molar-refractivity contribution in [3.05, 3.63) is 98.8 Å². The Morgan fingerprint density at radius 3 is 2.19 bits per heavy atom. The van der Waals surface area contributed by atoms with Crippen molar-refractivity contribution in [1.82, 2.24) is 0 Å². The zero-order valence-electron chi connectivity index (χ0n) is 16.6. The summed E-state index contributed by atoms with van der Waals surface area (Å²) in [5, 5.41) is 21.2. The lowest BCUT2D eigenvalue weighted by atomic mass is 9.94. The number of carbonyl (C=O) groups is 2. The highest BCUT2D eigenvalue weighted by Gasteiger charge is 2.47. The quantitative estimate of drug-likeness (QED) is 0.288. The monoisotopic (exact) mass is 471 g/mol. The number of halogens is 3. The average Bonchev–Trinajstić information content (AvgIpc) is 3.00. The number of carbonyl (C=O) groups excluding carboxylic acids is 2. The van der Waals surface area contributed by atoms with Crippen LogP contribution >= 0.6 is 23.2 Å². The Morgan fingerprint density at radius 1 is 0.969 bits per heavy atom. The second-order valence-electron chi connectivity index (χ2n) is 7.35. The van der Waals surface area contributed by atoms with E-state index in [4.69, 9.17) is 23.2 Å². The lowest BCUT2D eigenvalue weighted by molar-refractivity contribution is -0.132. The third kappa shape index (κ3) is 3.83. The molecule has 0 bridgehead atoms. The molecule has 3 aromatic carbocycles. The number of nitrogens with zero attached hydrogens (tertiary/aromatic N) is 1. The smallest absolute Gasteiger partial charge is 0.300 e. The van der Waals surface area contributed by atoms with Gasteiger partial charge in [-0.3, -0.25) is 14.5 Å². The molecule has 0 radical (unpaired) electrons. The van der Waals surface area contributed by atoms with Gasteiger partial charge in [0.2, 0.25) is 0 Å². The van der Waals surface area contributed by atoms with Crippen LogP contribution in [0.15, 0.2) is 66.2 Å². The molecule has 1 atom stereocenters. The Labute approximate surface area is 192 Å². The van der Waals surface area contributed by atoms with E-state index >= 15 is 0 Å². The van der Waals surface area contributed by atoms with Gasteiger partial charge in [-0.25, -0.2) is 4.39 Å². The molecule has 0 aromatic heterocycles. The molecule has 1 aliphatic heterocycles. The van der Waals surface area contributed by atoms with Crippen molar-refractivity contribution in [3.8, 4) is 5.75 Å². The molecule has 1 fully saturated rings. The predicted octanol–water partition coefficient (Wildman–Crippen LogP) is 5.77. The van der Waals surface area contributed by atoms with Crippen LogP contribution in [0.3, 0.4) is 0 Å². The molecule has 1 aliphatic rings. The number of anilines is 1. The number of aliphatic hydroxyl groups is 1. The number of Topliss-reactive ketones (excluding diaryl/α,β-unsaturated/α-hetero) is 1. The number of hydrogen-bond donors (Lipinski definition) is 2. The maximum atomic E-state index is 13.7. The van der Waals surface area contributed by atoms with Crippen LogP contribution in [0.4, 0.5) is 10.1 Å². The number of phenolic OH excluding ortho intramolecular Hbond substituents is 1. The molecule has 2 N–H and O–H groups in total. The number of ketones is 1. The van der Waals surface area contributed by atoms with Gasteiger partial charge in [0, 0.05) is 21.3 Å². The van der Waals surface area contributed by atoms with Gasteiger partial charge in [-0.15, -0.1) is 0 Å². The summed E-state index contributed by atoms with van der Waals surface area (Å²) in [7, 11) is 0. The lowest BCUT2D eigenvalue weighted by Gasteiger charge is -2.26. The van der Waals surface area contributed by atoms with Crippen LogP contribution in [0.25, 0.3) is 5.76 Å². The third-order valence-electron chi connectivity index (χ3n) is 5.21. The van der Waals surface area contributed by atoms with Gasteiger partial charge in [-0.1, -0.05) is 35.3 Å². The highest BCUT2D eigenvalue weighted by atomic mass is 35.5. The molecule has 0 aliphatic carbocycles. The summed E-state index contributed by atoms with van der Waals surface area (Å²) in [6.07, 6.45) is 0. The molecule has 162 valence electrons. The molecule has 5 nitrogen and oxygen atoms in total. The number of benzene rings is 3. The van der Waals surface area contributed by atoms with Gasteiger partial charge in [0.15, 0.2) is 0 Å². The highest BCUT2D eigenvalue weighted by Crippen LogP contribution is 2.43. The summed E-state index contributed by atoms with van der Waals surface area (Å²) in [4.78, 5) is 27.3. The van der Waals surface area contributed by atoms with Crippen LogP contribution in [0.2, 0.25) is 10.0 Å². The molecule has 0 saturated carbocycles. The molecular formula is C24H16Cl2FNO4. The minimum atomic E-state index is -1.03. The van der Waals surface area contributed by atoms with E-state index in [2.05, 4.69) is 0 Å². The summed E-state index contributed by atoms with van der Waals surface area (Å²) >= 11 is 12.2.